The van der Waals surface area contributed by atoms with Crippen LogP contribution in [-0.4, -0.2) is 32.1 Å². The van der Waals surface area contributed by atoms with Crippen molar-refractivity contribution in [3.8, 4) is 5.75 Å². The molecule has 0 radical (unpaired) electrons. The lowest BCUT2D eigenvalue weighted by atomic mass is 10.1. The number of benzene rings is 1. The fourth-order valence-electron chi connectivity index (χ4n) is 1.37. The zero-order valence-corrected chi connectivity index (χ0v) is 10.3. The number of nitrogens with one attached hydrogen (secondary N) is 1. The van der Waals surface area contributed by atoms with Gasteiger partial charge in [-0.05, 0) is 24.6 Å². The van der Waals surface area contributed by atoms with Gasteiger partial charge in [0.05, 0.1) is 5.75 Å². The number of sulfone groups is 1. The van der Waals surface area contributed by atoms with Gasteiger partial charge >= 0.3 is 0 Å². The van der Waals surface area contributed by atoms with Crippen molar-refractivity contribution in [3.63, 3.8) is 0 Å². The molecule has 90 valence electrons. The van der Waals surface area contributed by atoms with Gasteiger partial charge in [0.1, 0.15) is 15.6 Å². The fourth-order valence-corrected chi connectivity index (χ4v) is 1.86. The van der Waals surface area contributed by atoms with Crippen LogP contribution >= 0.6 is 0 Å². The van der Waals surface area contributed by atoms with E-state index in [0.29, 0.717) is 6.54 Å². The molecule has 0 aliphatic rings. The van der Waals surface area contributed by atoms with Crippen molar-refractivity contribution < 1.29 is 13.5 Å². The van der Waals surface area contributed by atoms with Crippen molar-refractivity contribution in [3.05, 3.63) is 29.8 Å². The molecule has 0 aliphatic carbocycles. The van der Waals surface area contributed by atoms with Gasteiger partial charge in [-0.25, -0.2) is 8.42 Å². The fraction of sp³-hybridized carbons (Fsp3) is 0.455. The van der Waals surface area contributed by atoms with Crippen LogP contribution in [0.15, 0.2) is 24.3 Å². The summed E-state index contributed by atoms with van der Waals surface area (Å²) in [4.78, 5) is 0. The summed E-state index contributed by atoms with van der Waals surface area (Å²) in [5.74, 6) is 0.338. The third-order valence-electron chi connectivity index (χ3n) is 2.29. The average Bonchev–Trinajstić information content (AvgIpc) is 2.15. The Morgan fingerprint density at radius 3 is 2.69 bits per heavy atom. The summed E-state index contributed by atoms with van der Waals surface area (Å²) < 4.78 is 21.8. The zero-order valence-electron chi connectivity index (χ0n) is 9.47. The minimum Gasteiger partial charge on any atom is -0.508 e. The summed E-state index contributed by atoms with van der Waals surface area (Å²) in [6, 6.07) is 6.94. The third kappa shape index (κ3) is 4.63. The molecule has 0 amide bonds. The van der Waals surface area contributed by atoms with E-state index >= 15 is 0 Å². The highest BCUT2D eigenvalue weighted by Crippen LogP contribution is 2.17. The van der Waals surface area contributed by atoms with Crippen molar-refractivity contribution in [2.45, 2.75) is 13.0 Å². The molecule has 0 bridgehead atoms. The van der Waals surface area contributed by atoms with E-state index in [2.05, 4.69) is 5.32 Å². The highest BCUT2D eigenvalue weighted by molar-refractivity contribution is 7.90. The van der Waals surface area contributed by atoms with Crippen LogP contribution < -0.4 is 5.32 Å². The van der Waals surface area contributed by atoms with Gasteiger partial charge in [-0.1, -0.05) is 12.1 Å². The summed E-state index contributed by atoms with van der Waals surface area (Å²) in [6.45, 7) is 2.34. The number of aromatic hydroxyl groups is 1. The SMILES string of the molecule is CC(NCCS(C)(=O)=O)c1cccc(O)c1. The van der Waals surface area contributed by atoms with E-state index in [9.17, 15) is 13.5 Å². The molecule has 1 rings (SSSR count). The van der Waals surface area contributed by atoms with Crippen LogP contribution in [0.3, 0.4) is 0 Å². The Morgan fingerprint density at radius 1 is 1.44 bits per heavy atom. The Kier molecular flexibility index (Phi) is 4.32. The molecule has 5 heteroatoms. The Labute approximate surface area is 96.2 Å². The molecule has 0 spiro atoms. The van der Waals surface area contributed by atoms with Crippen molar-refractivity contribution in [1.29, 1.82) is 0 Å². The van der Waals surface area contributed by atoms with Gasteiger partial charge < -0.3 is 10.4 Å². The maximum Gasteiger partial charge on any atom is 0.148 e. The molecule has 0 heterocycles. The highest BCUT2D eigenvalue weighted by atomic mass is 32.2. The quantitative estimate of drug-likeness (QED) is 0.812. The molecule has 1 aromatic rings. The summed E-state index contributed by atoms with van der Waals surface area (Å²) >= 11 is 0. The number of phenolic OH excluding ortho intramolecular Hbond substituents is 1. The van der Waals surface area contributed by atoms with Gasteiger partial charge in [-0.3, -0.25) is 0 Å². The first-order chi connectivity index (χ1) is 7.38. The second-order valence-corrected chi connectivity index (χ2v) is 6.16. The maximum atomic E-state index is 10.9. The van der Waals surface area contributed by atoms with Crippen LogP contribution in [0, 0.1) is 0 Å². The van der Waals surface area contributed by atoms with Crippen molar-refractivity contribution in [2.24, 2.45) is 0 Å². The standard InChI is InChI=1S/C11H17NO3S/c1-9(12-6-7-16(2,14)15)10-4-3-5-11(13)8-10/h3-5,8-9,12-13H,6-7H2,1-2H3. The Morgan fingerprint density at radius 2 is 2.12 bits per heavy atom. The normalized spacial score (nSPS) is 13.6. The molecule has 1 atom stereocenters. The number of hydrogen-bond acceptors (Lipinski definition) is 4. The second-order valence-electron chi connectivity index (χ2n) is 3.90. The van der Waals surface area contributed by atoms with Crippen LogP contribution in [0.1, 0.15) is 18.5 Å². The zero-order chi connectivity index (χ0) is 12.2. The smallest absolute Gasteiger partial charge is 0.148 e. The van der Waals surface area contributed by atoms with E-state index in [-0.39, 0.29) is 17.5 Å². The lowest BCUT2D eigenvalue weighted by Gasteiger charge is -2.13. The molecule has 2 N–H and O–H groups in total. The lowest BCUT2D eigenvalue weighted by molar-refractivity contribution is 0.472. The molecule has 1 unspecified atom stereocenters. The van der Waals surface area contributed by atoms with Gasteiger partial charge in [-0.2, -0.15) is 0 Å². The van der Waals surface area contributed by atoms with Gasteiger partial charge in [0.15, 0.2) is 0 Å². The molecule has 0 aromatic heterocycles. The van der Waals surface area contributed by atoms with E-state index in [1.54, 1.807) is 18.2 Å². The number of phenols is 1. The summed E-state index contributed by atoms with van der Waals surface area (Å²) in [5.41, 5.74) is 0.938. The average molecular weight is 243 g/mol. The Bertz CT molecular complexity index is 442. The second kappa shape index (κ2) is 5.32. The molecule has 0 saturated carbocycles. The Balaban J connectivity index is 2.50. The van der Waals surface area contributed by atoms with Gasteiger partial charge in [-0.15, -0.1) is 0 Å². The van der Waals surface area contributed by atoms with E-state index in [0.717, 1.165) is 5.56 Å². The molecular formula is C11H17NO3S. The third-order valence-corrected chi connectivity index (χ3v) is 3.24. The molecule has 0 fully saturated rings. The summed E-state index contributed by atoms with van der Waals surface area (Å²) in [7, 11) is -2.92. The first-order valence-electron chi connectivity index (χ1n) is 5.08. The predicted molar refractivity (Wildman–Crippen MR) is 64.2 cm³/mol. The first-order valence-corrected chi connectivity index (χ1v) is 7.14. The molecule has 0 aliphatic heterocycles. The van der Waals surface area contributed by atoms with Crippen molar-refractivity contribution >= 4 is 9.84 Å². The van der Waals surface area contributed by atoms with Crippen LogP contribution in [0.4, 0.5) is 0 Å². The monoisotopic (exact) mass is 243 g/mol. The molecule has 4 nitrogen and oxygen atoms in total. The van der Waals surface area contributed by atoms with Crippen LogP contribution in [-0.2, 0) is 9.84 Å². The van der Waals surface area contributed by atoms with Crippen molar-refractivity contribution in [2.75, 3.05) is 18.6 Å². The molecule has 16 heavy (non-hydrogen) atoms. The maximum absolute atomic E-state index is 10.9. The summed E-state index contributed by atoms with van der Waals surface area (Å²) in [5, 5.41) is 12.4. The number of hydrogen-bond donors (Lipinski definition) is 2. The van der Waals surface area contributed by atoms with Gasteiger partial charge in [0.2, 0.25) is 0 Å². The molecule has 0 saturated heterocycles. The van der Waals surface area contributed by atoms with Crippen LogP contribution in [0.5, 0.6) is 5.75 Å². The topological polar surface area (TPSA) is 66.4 Å². The minimum absolute atomic E-state index is 0.0221. The molecule has 1 aromatic carbocycles. The highest BCUT2D eigenvalue weighted by Gasteiger charge is 2.07. The van der Waals surface area contributed by atoms with E-state index in [1.165, 1.54) is 6.26 Å². The summed E-state index contributed by atoms with van der Waals surface area (Å²) in [6.07, 6.45) is 1.22. The first kappa shape index (κ1) is 13.0. The minimum atomic E-state index is -2.92. The lowest BCUT2D eigenvalue weighted by Crippen LogP contribution is -2.25. The van der Waals surface area contributed by atoms with Gasteiger partial charge in [0, 0.05) is 18.8 Å². The largest absolute Gasteiger partial charge is 0.508 e. The van der Waals surface area contributed by atoms with Gasteiger partial charge in [0.25, 0.3) is 0 Å². The van der Waals surface area contributed by atoms with Crippen LogP contribution in [0.2, 0.25) is 0 Å². The Hall–Kier alpha value is -1.07. The van der Waals surface area contributed by atoms with Crippen LogP contribution in [0.25, 0.3) is 0 Å². The van der Waals surface area contributed by atoms with E-state index in [1.807, 2.05) is 13.0 Å². The van der Waals surface area contributed by atoms with E-state index < -0.39 is 9.84 Å². The van der Waals surface area contributed by atoms with E-state index in [4.69, 9.17) is 0 Å². The predicted octanol–water partition coefficient (Wildman–Crippen LogP) is 1.09. The number of rotatable bonds is 5. The molecular weight excluding hydrogens is 226 g/mol. The van der Waals surface area contributed by atoms with Crippen molar-refractivity contribution in [1.82, 2.24) is 5.32 Å².